The number of aliphatic hydroxyl groups is 1. The normalized spacial score (nSPS) is 13.4. The van der Waals surface area contributed by atoms with Crippen molar-refractivity contribution in [2.45, 2.75) is 264 Å². The molecule has 0 amide bonds. The first-order chi connectivity index (χ1) is 38.6. The molecule has 0 aromatic heterocycles. The minimum absolute atomic E-state index is 0.0787. The van der Waals surface area contributed by atoms with Crippen LogP contribution in [0.25, 0.3) is 0 Å². The first kappa shape index (κ1) is 73.3. The number of esters is 2. The second-order valence-corrected chi connectivity index (χ2v) is 20.4. The summed E-state index contributed by atoms with van der Waals surface area (Å²) < 4.78 is 10.7. The fraction of sp³-hybridized carbons (Fsp3) is 0.589. The number of unbranched alkanes of at least 4 members (excludes halogenated alkanes) is 20. The molecule has 78 heavy (non-hydrogen) atoms. The Balaban J connectivity index is 3.58. The number of rotatable bonds is 56. The zero-order chi connectivity index (χ0) is 56.2. The van der Waals surface area contributed by atoms with Crippen molar-refractivity contribution in [1.82, 2.24) is 0 Å². The summed E-state index contributed by atoms with van der Waals surface area (Å²) in [4.78, 5) is 24.6. The smallest absolute Gasteiger partial charge is 0.306 e. The summed E-state index contributed by atoms with van der Waals surface area (Å²) in [6.45, 7) is 3.91. The maximum Gasteiger partial charge on any atom is 0.306 e. The Hall–Kier alpha value is -4.74. The summed E-state index contributed by atoms with van der Waals surface area (Å²) in [6, 6.07) is 0. The molecule has 1 unspecified atom stereocenters. The lowest BCUT2D eigenvalue weighted by atomic mass is 10.0. The topological polar surface area (TPSA) is 72.8 Å². The van der Waals surface area contributed by atoms with Crippen molar-refractivity contribution < 1.29 is 24.2 Å². The number of carbonyl (C=O) groups excluding carboxylic acids is 2. The van der Waals surface area contributed by atoms with E-state index in [0.29, 0.717) is 12.8 Å². The Kier molecular flexibility index (Phi) is 62.5. The maximum absolute atomic E-state index is 12.3. The SMILES string of the molecule is CC/C=C\C/C=C\C/C=C\C/C=C\C/C=C\C/C=C\C/C=C\C/C=C\C/C=C\C/C=C\CCCCCCCCCCCCC(=O)OC(CO)COC(=O)CCCCCCCCCCCC/C=C\C/C=C\C/C=C\C/C=C\CC. The van der Waals surface area contributed by atoms with E-state index in [4.69, 9.17) is 9.47 Å². The lowest BCUT2D eigenvalue weighted by Gasteiger charge is -2.15. The third-order valence-corrected chi connectivity index (χ3v) is 13.0. The Labute approximate surface area is 481 Å². The van der Waals surface area contributed by atoms with Gasteiger partial charge in [-0.05, 0) is 128 Å². The summed E-state index contributed by atoms with van der Waals surface area (Å²) in [5, 5.41) is 9.68. The van der Waals surface area contributed by atoms with Crippen LogP contribution < -0.4 is 0 Å². The average molecular weight is 1070 g/mol. The monoisotopic (exact) mass is 1070 g/mol. The van der Waals surface area contributed by atoms with Crippen LogP contribution in [0, 0.1) is 0 Å². The van der Waals surface area contributed by atoms with Gasteiger partial charge in [-0.2, -0.15) is 0 Å². The zero-order valence-corrected chi connectivity index (χ0v) is 50.1. The second-order valence-electron chi connectivity index (χ2n) is 20.4. The Morgan fingerprint density at radius 3 is 0.769 bits per heavy atom. The minimum atomic E-state index is -0.789. The molecule has 438 valence electrons. The van der Waals surface area contributed by atoms with Crippen LogP contribution >= 0.6 is 0 Å². The molecule has 5 heteroatoms. The van der Waals surface area contributed by atoms with Gasteiger partial charge in [0.15, 0.2) is 6.10 Å². The fourth-order valence-corrected chi connectivity index (χ4v) is 8.34. The van der Waals surface area contributed by atoms with Crippen molar-refractivity contribution in [2.24, 2.45) is 0 Å². The standard InChI is InChI=1S/C73H116O5/c1-3-5-7-9-11-13-15-17-19-21-23-25-27-28-29-30-31-32-33-34-35-36-37-38-39-40-41-42-43-44-46-48-50-52-54-56-58-60-62-64-66-68-73(76)78-71(69-74)70-77-72(75)67-65-63-61-59-57-55-53-51-49-47-45-26-24-22-20-18-16-14-12-10-8-6-4-2/h5-8,11-14,17-20,23-26,28-29,31-32,34-35,37-38,40-41,43-44,71,74H,3-4,9-10,15-16,21-22,27,30,33,36,39,42,45-70H2,1-2H3/b7-5-,8-6-,13-11-,14-12-,19-17-,20-18-,25-23-,26-24-,29-28-,32-31-,35-34-,38-37-,41-40-,44-43-. The van der Waals surface area contributed by atoms with Gasteiger partial charge in [-0.25, -0.2) is 0 Å². The first-order valence-corrected chi connectivity index (χ1v) is 31.7. The zero-order valence-electron chi connectivity index (χ0n) is 50.1. The van der Waals surface area contributed by atoms with Crippen molar-refractivity contribution in [1.29, 1.82) is 0 Å². The molecule has 0 rings (SSSR count). The van der Waals surface area contributed by atoms with Gasteiger partial charge in [0, 0.05) is 12.8 Å². The van der Waals surface area contributed by atoms with Crippen LogP contribution in [-0.4, -0.2) is 36.4 Å². The van der Waals surface area contributed by atoms with Gasteiger partial charge in [-0.3, -0.25) is 9.59 Å². The van der Waals surface area contributed by atoms with Crippen LogP contribution in [0.1, 0.15) is 258 Å². The second kappa shape index (κ2) is 66.5. The maximum atomic E-state index is 12.3. The van der Waals surface area contributed by atoms with E-state index in [2.05, 4.69) is 184 Å². The third kappa shape index (κ3) is 63.8. The Morgan fingerprint density at radius 2 is 0.513 bits per heavy atom. The highest BCUT2D eigenvalue weighted by Gasteiger charge is 2.16. The van der Waals surface area contributed by atoms with Crippen molar-refractivity contribution in [3.63, 3.8) is 0 Å². The number of allylic oxidation sites excluding steroid dienone is 28. The summed E-state index contributed by atoms with van der Waals surface area (Å²) in [5.41, 5.74) is 0. The van der Waals surface area contributed by atoms with Gasteiger partial charge < -0.3 is 14.6 Å². The Morgan fingerprint density at radius 1 is 0.295 bits per heavy atom. The molecule has 0 aromatic carbocycles. The van der Waals surface area contributed by atoms with E-state index in [1.54, 1.807) is 0 Å². The molecule has 0 bridgehead atoms. The molecule has 0 aliphatic heterocycles. The van der Waals surface area contributed by atoms with Gasteiger partial charge in [0.2, 0.25) is 0 Å². The molecular formula is C73H116O5. The molecule has 0 aliphatic carbocycles. The molecule has 0 radical (unpaired) electrons. The van der Waals surface area contributed by atoms with Crippen LogP contribution in [0.3, 0.4) is 0 Å². The highest BCUT2D eigenvalue weighted by atomic mass is 16.6. The van der Waals surface area contributed by atoms with Crippen molar-refractivity contribution >= 4 is 11.9 Å². The first-order valence-electron chi connectivity index (χ1n) is 31.7. The fourth-order valence-electron chi connectivity index (χ4n) is 8.34. The van der Waals surface area contributed by atoms with Gasteiger partial charge in [0.1, 0.15) is 6.61 Å². The van der Waals surface area contributed by atoms with Crippen molar-refractivity contribution in [2.75, 3.05) is 13.2 Å². The van der Waals surface area contributed by atoms with E-state index in [0.717, 1.165) is 128 Å². The lowest BCUT2D eigenvalue weighted by molar-refractivity contribution is -0.161. The molecule has 5 nitrogen and oxygen atoms in total. The van der Waals surface area contributed by atoms with E-state index >= 15 is 0 Å². The van der Waals surface area contributed by atoms with Gasteiger partial charge in [0.05, 0.1) is 6.61 Å². The highest BCUT2D eigenvalue weighted by Crippen LogP contribution is 2.15. The van der Waals surface area contributed by atoms with Gasteiger partial charge in [-0.1, -0.05) is 287 Å². The highest BCUT2D eigenvalue weighted by molar-refractivity contribution is 5.70. The summed E-state index contributed by atoms with van der Waals surface area (Å²) in [5.74, 6) is -0.607. The average Bonchev–Trinajstić information content (AvgIpc) is 3.44. The minimum Gasteiger partial charge on any atom is -0.462 e. The lowest BCUT2D eigenvalue weighted by Crippen LogP contribution is -2.28. The summed E-state index contributed by atoms with van der Waals surface area (Å²) in [7, 11) is 0. The van der Waals surface area contributed by atoms with E-state index in [-0.39, 0.29) is 25.2 Å². The van der Waals surface area contributed by atoms with E-state index in [1.165, 1.54) is 103 Å². The predicted octanol–water partition coefficient (Wildman–Crippen LogP) is 22.1. The van der Waals surface area contributed by atoms with Crippen molar-refractivity contribution in [3.05, 3.63) is 170 Å². The molecule has 0 saturated carbocycles. The molecule has 0 spiro atoms. The van der Waals surface area contributed by atoms with Crippen LogP contribution in [0.2, 0.25) is 0 Å². The molecule has 0 aromatic rings. The third-order valence-electron chi connectivity index (χ3n) is 13.0. The van der Waals surface area contributed by atoms with Gasteiger partial charge >= 0.3 is 11.9 Å². The molecule has 1 atom stereocenters. The largest absolute Gasteiger partial charge is 0.462 e. The molecule has 0 fully saturated rings. The molecule has 0 aliphatic rings. The van der Waals surface area contributed by atoms with Crippen LogP contribution in [-0.2, 0) is 19.1 Å². The van der Waals surface area contributed by atoms with E-state index in [9.17, 15) is 14.7 Å². The van der Waals surface area contributed by atoms with Crippen molar-refractivity contribution in [3.8, 4) is 0 Å². The Bertz CT molecular complexity index is 1740. The number of hydrogen-bond donors (Lipinski definition) is 1. The predicted molar refractivity (Wildman–Crippen MR) is 343 cm³/mol. The van der Waals surface area contributed by atoms with Crippen LogP contribution in [0.15, 0.2) is 170 Å². The molecule has 0 saturated heterocycles. The summed E-state index contributed by atoms with van der Waals surface area (Å²) >= 11 is 0. The number of aliphatic hydroxyl groups excluding tert-OH is 1. The van der Waals surface area contributed by atoms with Crippen LogP contribution in [0.5, 0.6) is 0 Å². The molecule has 0 heterocycles. The van der Waals surface area contributed by atoms with E-state index in [1.807, 2.05) is 0 Å². The van der Waals surface area contributed by atoms with Gasteiger partial charge in [0.25, 0.3) is 0 Å². The van der Waals surface area contributed by atoms with Gasteiger partial charge in [-0.15, -0.1) is 0 Å². The quantitative estimate of drug-likeness (QED) is 0.0373. The van der Waals surface area contributed by atoms with E-state index < -0.39 is 6.10 Å². The molecular weight excluding hydrogens is 957 g/mol. The number of hydrogen-bond acceptors (Lipinski definition) is 5. The molecule has 1 N–H and O–H groups in total. The number of ether oxygens (including phenoxy) is 2. The summed E-state index contributed by atoms with van der Waals surface area (Å²) in [6.07, 6.45) is 103. The van der Waals surface area contributed by atoms with Crippen LogP contribution in [0.4, 0.5) is 0 Å². The number of carbonyl (C=O) groups is 2.